The molecule has 168 valence electrons. The molecular formula is C21H33N9O. The van der Waals surface area contributed by atoms with E-state index in [-0.39, 0.29) is 12.1 Å². The van der Waals surface area contributed by atoms with Crippen LogP contribution in [0.25, 0.3) is 11.0 Å². The van der Waals surface area contributed by atoms with Crippen molar-refractivity contribution in [2.45, 2.75) is 45.4 Å². The van der Waals surface area contributed by atoms with Crippen LogP contribution in [0.4, 0.5) is 11.8 Å². The number of hydrogen-bond donors (Lipinski definition) is 5. The number of hydrogen-bond acceptors (Lipinski definition) is 9. The van der Waals surface area contributed by atoms with Gasteiger partial charge in [0.05, 0.1) is 26.0 Å². The standard InChI is InChI=1S/C21H33N9O/c1-3-5-18(23)27-20-19-16(26-21(24)28-20)13-30(29-19)12-15-7-6-14(10-17(15)31-2)11-25-9-4-8-22/h6-7,10,13,18,25H,3-5,8-9,11-12,22-23H2,1-2H3,(H3,24,26,27,28). The summed E-state index contributed by atoms with van der Waals surface area (Å²) in [5, 5.41) is 11.2. The number of anilines is 2. The smallest absolute Gasteiger partial charge is 0.222 e. The third kappa shape index (κ3) is 6.03. The zero-order valence-corrected chi connectivity index (χ0v) is 18.3. The molecular weight excluding hydrogens is 394 g/mol. The van der Waals surface area contributed by atoms with Crippen molar-refractivity contribution < 1.29 is 4.74 Å². The average Bonchev–Trinajstić information content (AvgIpc) is 3.14. The Morgan fingerprint density at radius 3 is 2.84 bits per heavy atom. The molecule has 0 saturated heterocycles. The van der Waals surface area contributed by atoms with E-state index in [1.54, 1.807) is 7.11 Å². The van der Waals surface area contributed by atoms with Gasteiger partial charge in [0.25, 0.3) is 0 Å². The van der Waals surface area contributed by atoms with Gasteiger partial charge < -0.3 is 32.6 Å². The van der Waals surface area contributed by atoms with Crippen LogP contribution >= 0.6 is 0 Å². The molecule has 0 aliphatic carbocycles. The van der Waals surface area contributed by atoms with E-state index in [0.717, 1.165) is 49.2 Å². The highest BCUT2D eigenvalue weighted by atomic mass is 16.5. The van der Waals surface area contributed by atoms with Gasteiger partial charge in [0.2, 0.25) is 5.95 Å². The van der Waals surface area contributed by atoms with Gasteiger partial charge in [0.15, 0.2) is 11.3 Å². The summed E-state index contributed by atoms with van der Waals surface area (Å²) < 4.78 is 7.43. The fraction of sp³-hybridized carbons (Fsp3) is 0.476. The largest absolute Gasteiger partial charge is 0.496 e. The first kappa shape index (κ1) is 22.7. The molecule has 0 saturated carbocycles. The zero-order valence-electron chi connectivity index (χ0n) is 18.3. The molecule has 1 aromatic carbocycles. The van der Waals surface area contributed by atoms with E-state index in [1.807, 2.05) is 16.9 Å². The lowest BCUT2D eigenvalue weighted by Crippen LogP contribution is -2.29. The number of nitrogens with zero attached hydrogens (tertiary/aromatic N) is 4. The second-order valence-electron chi connectivity index (χ2n) is 7.50. The van der Waals surface area contributed by atoms with Gasteiger partial charge in [-0.3, -0.25) is 4.68 Å². The van der Waals surface area contributed by atoms with Crippen molar-refractivity contribution in [3.63, 3.8) is 0 Å². The number of nitrogen functional groups attached to an aromatic ring is 1. The molecule has 2 heterocycles. The summed E-state index contributed by atoms with van der Waals surface area (Å²) in [5.41, 5.74) is 21.0. The molecule has 1 unspecified atom stereocenters. The minimum atomic E-state index is -0.223. The van der Waals surface area contributed by atoms with Gasteiger partial charge in [-0.05, 0) is 37.6 Å². The number of methoxy groups -OCH3 is 1. The second-order valence-corrected chi connectivity index (χ2v) is 7.50. The highest BCUT2D eigenvalue weighted by Gasteiger charge is 2.14. The first-order chi connectivity index (χ1) is 15.0. The third-order valence-corrected chi connectivity index (χ3v) is 4.92. The van der Waals surface area contributed by atoms with Crippen molar-refractivity contribution in [3.8, 4) is 5.75 Å². The lowest BCUT2D eigenvalue weighted by molar-refractivity contribution is 0.406. The van der Waals surface area contributed by atoms with Crippen molar-refractivity contribution in [2.75, 3.05) is 31.2 Å². The maximum atomic E-state index is 6.12. The summed E-state index contributed by atoms with van der Waals surface area (Å²) in [6.45, 7) is 4.95. The topological polar surface area (TPSA) is 155 Å². The highest BCUT2D eigenvalue weighted by Crippen LogP contribution is 2.24. The Morgan fingerprint density at radius 1 is 1.26 bits per heavy atom. The fourth-order valence-corrected chi connectivity index (χ4v) is 3.38. The summed E-state index contributed by atoms with van der Waals surface area (Å²) in [6, 6.07) is 6.19. The van der Waals surface area contributed by atoms with Crippen molar-refractivity contribution in [2.24, 2.45) is 11.5 Å². The molecule has 2 aromatic heterocycles. The van der Waals surface area contributed by atoms with Crippen molar-refractivity contribution >= 4 is 22.8 Å². The molecule has 0 fully saturated rings. The summed E-state index contributed by atoms with van der Waals surface area (Å²) in [7, 11) is 1.67. The Kier molecular flexibility index (Phi) is 7.99. The first-order valence-electron chi connectivity index (χ1n) is 10.6. The van der Waals surface area contributed by atoms with Gasteiger partial charge in [-0.15, -0.1) is 0 Å². The van der Waals surface area contributed by atoms with Crippen molar-refractivity contribution in [1.29, 1.82) is 0 Å². The molecule has 10 nitrogen and oxygen atoms in total. The van der Waals surface area contributed by atoms with E-state index >= 15 is 0 Å². The molecule has 0 bridgehead atoms. The molecule has 0 radical (unpaired) electrons. The molecule has 1 atom stereocenters. The Balaban J connectivity index is 1.79. The summed E-state index contributed by atoms with van der Waals surface area (Å²) in [4.78, 5) is 8.60. The second kappa shape index (κ2) is 10.9. The molecule has 0 amide bonds. The first-order valence-corrected chi connectivity index (χ1v) is 10.6. The van der Waals surface area contributed by atoms with Crippen LogP contribution in [0.5, 0.6) is 5.75 Å². The summed E-state index contributed by atoms with van der Waals surface area (Å²) >= 11 is 0. The van der Waals surface area contributed by atoms with Crippen LogP contribution < -0.4 is 32.6 Å². The van der Waals surface area contributed by atoms with Gasteiger partial charge in [-0.1, -0.05) is 25.5 Å². The molecule has 0 spiro atoms. The van der Waals surface area contributed by atoms with Crippen LogP contribution in [0.15, 0.2) is 24.4 Å². The fourth-order valence-electron chi connectivity index (χ4n) is 3.38. The van der Waals surface area contributed by atoms with Crippen LogP contribution in [-0.4, -0.2) is 46.1 Å². The molecule has 3 aromatic rings. The highest BCUT2D eigenvalue weighted by molar-refractivity contribution is 5.85. The van der Waals surface area contributed by atoms with E-state index in [4.69, 9.17) is 21.9 Å². The molecule has 3 rings (SSSR count). The maximum absolute atomic E-state index is 6.12. The minimum absolute atomic E-state index is 0.183. The van der Waals surface area contributed by atoms with E-state index in [2.05, 4.69) is 44.8 Å². The van der Waals surface area contributed by atoms with Crippen molar-refractivity contribution in [1.82, 2.24) is 25.1 Å². The van der Waals surface area contributed by atoms with E-state index in [1.165, 1.54) is 0 Å². The average molecular weight is 428 g/mol. The molecule has 31 heavy (non-hydrogen) atoms. The van der Waals surface area contributed by atoms with Gasteiger partial charge in [-0.25, -0.2) is 4.98 Å². The zero-order chi connectivity index (χ0) is 22.2. The summed E-state index contributed by atoms with van der Waals surface area (Å²) in [6.07, 6.45) is 4.36. The van der Waals surface area contributed by atoms with Crippen LogP contribution in [0, 0.1) is 0 Å². The van der Waals surface area contributed by atoms with Gasteiger partial charge >= 0.3 is 0 Å². The van der Waals surface area contributed by atoms with Gasteiger partial charge in [0.1, 0.15) is 11.3 Å². The number of rotatable bonds is 12. The molecule has 8 N–H and O–H groups in total. The number of fused-ring (bicyclic) bond motifs is 1. The summed E-state index contributed by atoms with van der Waals surface area (Å²) in [5.74, 6) is 1.54. The van der Waals surface area contributed by atoms with Crippen LogP contribution in [0.3, 0.4) is 0 Å². The number of nitrogens with one attached hydrogen (secondary N) is 2. The maximum Gasteiger partial charge on any atom is 0.222 e. The molecule has 10 heteroatoms. The predicted octanol–water partition coefficient (Wildman–Crippen LogP) is 1.40. The van der Waals surface area contributed by atoms with Crippen molar-refractivity contribution in [3.05, 3.63) is 35.5 Å². The monoisotopic (exact) mass is 427 g/mol. The number of ether oxygens (including phenoxy) is 1. The molecule has 0 aliphatic rings. The Bertz CT molecular complexity index is 988. The number of benzene rings is 1. The van der Waals surface area contributed by atoms with Gasteiger partial charge in [-0.2, -0.15) is 10.1 Å². The van der Waals surface area contributed by atoms with Gasteiger partial charge in [0, 0.05) is 12.1 Å². The predicted molar refractivity (Wildman–Crippen MR) is 124 cm³/mol. The normalized spacial score (nSPS) is 12.3. The SMILES string of the molecule is CCCC(N)Nc1nc(N)nc2cn(Cc3ccc(CNCCCN)cc3OC)nc12. The molecule has 0 aliphatic heterocycles. The lowest BCUT2D eigenvalue weighted by atomic mass is 10.1. The van der Waals surface area contributed by atoms with E-state index < -0.39 is 0 Å². The third-order valence-electron chi connectivity index (χ3n) is 4.92. The quantitative estimate of drug-likeness (QED) is 0.213. The van der Waals surface area contributed by atoms with Crippen LogP contribution in [0.2, 0.25) is 0 Å². The van der Waals surface area contributed by atoms with Crippen LogP contribution in [0.1, 0.15) is 37.3 Å². The number of aromatic nitrogens is 4. The van der Waals surface area contributed by atoms with E-state index in [9.17, 15) is 0 Å². The lowest BCUT2D eigenvalue weighted by Gasteiger charge is -2.13. The number of nitrogens with two attached hydrogens (primary N) is 3. The Morgan fingerprint density at radius 2 is 2.10 bits per heavy atom. The van der Waals surface area contributed by atoms with Crippen LogP contribution in [-0.2, 0) is 13.1 Å². The Labute approximate surface area is 182 Å². The Hall–Kier alpha value is -2.95. The van der Waals surface area contributed by atoms with E-state index in [0.29, 0.717) is 29.9 Å². The minimum Gasteiger partial charge on any atom is -0.496 e.